The standard InChI is InChI=1S/C15H21NO2/c1-15(2)8-3-10-16(11-9-15)14(18)12-4-6-13(17)7-5-12/h4-7,17H,3,8-11H2,1-2H3. The van der Waals surface area contributed by atoms with Crippen LogP contribution in [0.3, 0.4) is 0 Å². The predicted octanol–water partition coefficient (Wildman–Crippen LogP) is 3.04. The fourth-order valence-electron chi connectivity index (χ4n) is 2.41. The molecular weight excluding hydrogens is 226 g/mol. The first kappa shape index (κ1) is 12.9. The Kier molecular flexibility index (Phi) is 3.60. The van der Waals surface area contributed by atoms with Crippen molar-refractivity contribution in [2.75, 3.05) is 13.1 Å². The number of hydrogen-bond donors (Lipinski definition) is 1. The minimum atomic E-state index is 0.0766. The van der Waals surface area contributed by atoms with E-state index in [4.69, 9.17) is 0 Å². The summed E-state index contributed by atoms with van der Waals surface area (Å²) in [7, 11) is 0. The van der Waals surface area contributed by atoms with E-state index in [2.05, 4.69) is 13.8 Å². The molecule has 1 amide bonds. The van der Waals surface area contributed by atoms with Gasteiger partial charge in [-0.15, -0.1) is 0 Å². The van der Waals surface area contributed by atoms with Gasteiger partial charge in [-0.25, -0.2) is 0 Å². The molecule has 1 aromatic carbocycles. The maximum atomic E-state index is 12.3. The van der Waals surface area contributed by atoms with Crippen LogP contribution in [0.15, 0.2) is 24.3 Å². The molecule has 0 unspecified atom stereocenters. The molecule has 1 aliphatic heterocycles. The van der Waals surface area contributed by atoms with Gasteiger partial charge in [-0.2, -0.15) is 0 Å². The maximum absolute atomic E-state index is 12.3. The van der Waals surface area contributed by atoms with Crippen LogP contribution in [0, 0.1) is 5.41 Å². The Morgan fingerprint density at radius 1 is 1.17 bits per heavy atom. The summed E-state index contributed by atoms with van der Waals surface area (Å²) in [5.41, 5.74) is 0.997. The zero-order valence-electron chi connectivity index (χ0n) is 11.1. The maximum Gasteiger partial charge on any atom is 0.253 e. The van der Waals surface area contributed by atoms with Crippen molar-refractivity contribution < 1.29 is 9.90 Å². The van der Waals surface area contributed by atoms with E-state index < -0.39 is 0 Å². The van der Waals surface area contributed by atoms with Gasteiger partial charge in [0.1, 0.15) is 5.75 Å². The van der Waals surface area contributed by atoms with Gasteiger partial charge < -0.3 is 10.0 Å². The van der Waals surface area contributed by atoms with E-state index in [1.165, 1.54) is 6.42 Å². The molecule has 3 heteroatoms. The Morgan fingerprint density at radius 2 is 1.83 bits per heavy atom. The number of nitrogens with zero attached hydrogens (tertiary/aromatic N) is 1. The number of aromatic hydroxyl groups is 1. The van der Waals surface area contributed by atoms with Crippen LogP contribution in [0.25, 0.3) is 0 Å². The summed E-state index contributed by atoms with van der Waals surface area (Å²) in [6.07, 6.45) is 3.29. The molecule has 0 radical (unpaired) electrons. The van der Waals surface area contributed by atoms with Crippen molar-refractivity contribution in [2.24, 2.45) is 5.41 Å². The lowest BCUT2D eigenvalue weighted by Crippen LogP contribution is -2.32. The van der Waals surface area contributed by atoms with Gasteiger partial charge in [0, 0.05) is 18.7 Å². The predicted molar refractivity (Wildman–Crippen MR) is 71.6 cm³/mol. The molecule has 0 atom stereocenters. The highest BCUT2D eigenvalue weighted by atomic mass is 16.3. The normalized spacial score (nSPS) is 19.3. The fourth-order valence-corrected chi connectivity index (χ4v) is 2.41. The number of phenolic OH excluding ortho intramolecular Hbond substituents is 1. The van der Waals surface area contributed by atoms with Crippen LogP contribution < -0.4 is 0 Å². The van der Waals surface area contributed by atoms with Crippen LogP contribution in [-0.4, -0.2) is 29.0 Å². The first-order valence-corrected chi connectivity index (χ1v) is 6.56. The monoisotopic (exact) mass is 247 g/mol. The topological polar surface area (TPSA) is 40.5 Å². The summed E-state index contributed by atoms with van der Waals surface area (Å²) < 4.78 is 0. The van der Waals surface area contributed by atoms with Crippen LogP contribution in [0.5, 0.6) is 5.75 Å². The van der Waals surface area contributed by atoms with Gasteiger partial charge in [0.2, 0.25) is 0 Å². The molecule has 3 nitrogen and oxygen atoms in total. The van der Waals surface area contributed by atoms with Crippen LogP contribution in [0.4, 0.5) is 0 Å². The Hall–Kier alpha value is -1.51. The molecule has 0 aromatic heterocycles. The first-order chi connectivity index (χ1) is 8.48. The van der Waals surface area contributed by atoms with E-state index in [1.54, 1.807) is 24.3 Å². The van der Waals surface area contributed by atoms with Crippen molar-refractivity contribution in [2.45, 2.75) is 33.1 Å². The zero-order chi connectivity index (χ0) is 13.2. The molecule has 98 valence electrons. The lowest BCUT2D eigenvalue weighted by molar-refractivity contribution is 0.0757. The molecule has 1 aliphatic rings. The summed E-state index contributed by atoms with van der Waals surface area (Å²) in [5, 5.41) is 9.24. The van der Waals surface area contributed by atoms with E-state index in [9.17, 15) is 9.90 Å². The number of amides is 1. The molecule has 0 spiro atoms. The quantitative estimate of drug-likeness (QED) is 0.828. The summed E-state index contributed by atoms with van der Waals surface area (Å²) in [6, 6.07) is 6.51. The number of hydrogen-bond acceptors (Lipinski definition) is 2. The Balaban J connectivity index is 2.07. The third kappa shape index (κ3) is 3.03. The Labute approximate surface area is 108 Å². The van der Waals surface area contributed by atoms with E-state index in [0.29, 0.717) is 11.0 Å². The molecule has 1 heterocycles. The van der Waals surface area contributed by atoms with Crippen molar-refractivity contribution >= 4 is 5.91 Å². The van der Waals surface area contributed by atoms with Gasteiger partial charge >= 0.3 is 0 Å². The fraction of sp³-hybridized carbons (Fsp3) is 0.533. The molecule has 18 heavy (non-hydrogen) atoms. The molecule has 0 aliphatic carbocycles. The highest BCUT2D eigenvalue weighted by Crippen LogP contribution is 2.30. The Bertz CT molecular complexity index is 423. The van der Waals surface area contributed by atoms with Crippen molar-refractivity contribution in [3.8, 4) is 5.75 Å². The second-order valence-corrected chi connectivity index (χ2v) is 5.86. The smallest absolute Gasteiger partial charge is 0.253 e. The Morgan fingerprint density at radius 3 is 2.50 bits per heavy atom. The van der Waals surface area contributed by atoms with Gasteiger partial charge in [0.25, 0.3) is 5.91 Å². The SMILES string of the molecule is CC1(C)CCCN(C(=O)c2ccc(O)cc2)CC1. The van der Waals surface area contributed by atoms with Gasteiger partial charge in [-0.3, -0.25) is 4.79 Å². The number of benzene rings is 1. The number of rotatable bonds is 1. The molecule has 1 aromatic rings. The lowest BCUT2D eigenvalue weighted by Gasteiger charge is -2.23. The molecule has 2 rings (SSSR count). The van der Waals surface area contributed by atoms with Crippen molar-refractivity contribution in [3.63, 3.8) is 0 Å². The van der Waals surface area contributed by atoms with Gasteiger partial charge in [-0.05, 0) is 48.9 Å². The number of likely N-dealkylation sites (tertiary alicyclic amines) is 1. The molecule has 1 saturated heterocycles. The summed E-state index contributed by atoms with van der Waals surface area (Å²) in [6.45, 7) is 6.19. The first-order valence-electron chi connectivity index (χ1n) is 6.56. The average molecular weight is 247 g/mol. The highest BCUT2D eigenvalue weighted by molar-refractivity contribution is 5.94. The van der Waals surface area contributed by atoms with E-state index in [-0.39, 0.29) is 11.7 Å². The molecule has 1 fully saturated rings. The van der Waals surface area contributed by atoms with Crippen LogP contribution in [0.2, 0.25) is 0 Å². The van der Waals surface area contributed by atoms with Crippen LogP contribution >= 0.6 is 0 Å². The zero-order valence-corrected chi connectivity index (χ0v) is 11.1. The molecular formula is C15H21NO2. The van der Waals surface area contributed by atoms with Gasteiger partial charge in [0.15, 0.2) is 0 Å². The van der Waals surface area contributed by atoms with Gasteiger partial charge in [0.05, 0.1) is 0 Å². The van der Waals surface area contributed by atoms with Crippen molar-refractivity contribution in [3.05, 3.63) is 29.8 Å². The molecule has 0 saturated carbocycles. The largest absolute Gasteiger partial charge is 0.508 e. The van der Waals surface area contributed by atoms with Crippen molar-refractivity contribution in [1.82, 2.24) is 4.90 Å². The van der Waals surface area contributed by atoms with Crippen LogP contribution in [0.1, 0.15) is 43.5 Å². The number of carbonyl (C=O) groups is 1. The third-order valence-electron chi connectivity index (χ3n) is 3.74. The molecule has 1 N–H and O–H groups in total. The van der Waals surface area contributed by atoms with Gasteiger partial charge in [-0.1, -0.05) is 13.8 Å². The summed E-state index contributed by atoms with van der Waals surface area (Å²) in [5.74, 6) is 0.274. The van der Waals surface area contributed by atoms with Crippen LogP contribution in [-0.2, 0) is 0 Å². The number of carbonyl (C=O) groups excluding carboxylic acids is 1. The highest BCUT2D eigenvalue weighted by Gasteiger charge is 2.25. The van der Waals surface area contributed by atoms with Crippen molar-refractivity contribution in [1.29, 1.82) is 0 Å². The second-order valence-electron chi connectivity index (χ2n) is 5.86. The number of phenols is 1. The van der Waals surface area contributed by atoms with E-state index in [0.717, 1.165) is 25.9 Å². The third-order valence-corrected chi connectivity index (χ3v) is 3.74. The second kappa shape index (κ2) is 5.01. The van der Waals surface area contributed by atoms with E-state index in [1.807, 2.05) is 4.90 Å². The summed E-state index contributed by atoms with van der Waals surface area (Å²) in [4.78, 5) is 14.3. The van der Waals surface area contributed by atoms with E-state index >= 15 is 0 Å². The minimum Gasteiger partial charge on any atom is -0.508 e. The average Bonchev–Trinajstić information content (AvgIpc) is 2.50. The minimum absolute atomic E-state index is 0.0766. The molecule has 0 bridgehead atoms. The lowest BCUT2D eigenvalue weighted by atomic mass is 9.85. The summed E-state index contributed by atoms with van der Waals surface area (Å²) >= 11 is 0.